The molecule has 1 aromatic rings. The van der Waals surface area contributed by atoms with Crippen molar-refractivity contribution in [3.8, 4) is 0 Å². The molecule has 2 rings (SSSR count). The fourth-order valence-electron chi connectivity index (χ4n) is 2.76. The molecule has 0 N–H and O–H groups in total. The molecule has 1 unspecified atom stereocenters. The van der Waals surface area contributed by atoms with Crippen LogP contribution in [0, 0.1) is 5.92 Å². The molecule has 5 atom stereocenters. The van der Waals surface area contributed by atoms with Crippen LogP contribution in [0.2, 0.25) is 0 Å². The van der Waals surface area contributed by atoms with Crippen molar-refractivity contribution < 1.29 is 23.4 Å². The van der Waals surface area contributed by atoms with E-state index in [1.807, 2.05) is 44.2 Å². The van der Waals surface area contributed by atoms with E-state index >= 15 is 0 Å². The van der Waals surface area contributed by atoms with E-state index in [1.165, 1.54) is 6.92 Å². The smallest absolute Gasteiger partial charge is 0.305 e. The first-order valence-corrected chi connectivity index (χ1v) is 7.65. The molecule has 1 saturated heterocycles. The van der Waals surface area contributed by atoms with Gasteiger partial charge in [0.1, 0.15) is 6.10 Å². The van der Waals surface area contributed by atoms with E-state index in [9.17, 15) is 9.18 Å². The maximum absolute atomic E-state index is 14.6. The zero-order chi connectivity index (χ0) is 16.1. The van der Waals surface area contributed by atoms with Crippen LogP contribution in [0.15, 0.2) is 30.3 Å². The minimum Gasteiger partial charge on any atom is -0.433 e. The van der Waals surface area contributed by atoms with Gasteiger partial charge in [-0.15, -0.1) is 0 Å². The van der Waals surface area contributed by atoms with E-state index in [-0.39, 0.29) is 12.0 Å². The van der Waals surface area contributed by atoms with Gasteiger partial charge in [0.15, 0.2) is 6.17 Å². The lowest BCUT2D eigenvalue weighted by atomic mass is 9.89. The Kier molecular flexibility index (Phi) is 5.91. The fraction of sp³-hybridized carbons (Fsp3) is 0.588. The SMILES string of the molecule is CC[C@H]1OC(OC(C)=O)[C@@H](F)[C@@H](OCc2ccccc2)[C@@H]1C. The summed E-state index contributed by atoms with van der Waals surface area (Å²) in [5.41, 5.74) is 0.977. The Balaban J connectivity index is 2.06. The molecule has 0 aliphatic carbocycles. The van der Waals surface area contributed by atoms with E-state index in [2.05, 4.69) is 0 Å². The van der Waals surface area contributed by atoms with Crippen LogP contribution in [0.3, 0.4) is 0 Å². The monoisotopic (exact) mass is 310 g/mol. The number of rotatable bonds is 5. The van der Waals surface area contributed by atoms with Gasteiger partial charge in [0.05, 0.1) is 12.7 Å². The quantitative estimate of drug-likeness (QED) is 0.783. The Bertz CT molecular complexity index is 479. The summed E-state index contributed by atoms with van der Waals surface area (Å²) in [6.07, 6.45) is -2.85. The fourth-order valence-corrected chi connectivity index (χ4v) is 2.76. The minimum absolute atomic E-state index is 0.115. The lowest BCUT2D eigenvalue weighted by Gasteiger charge is -2.41. The molecule has 0 radical (unpaired) electrons. The number of hydrogen-bond donors (Lipinski definition) is 0. The molecule has 1 fully saturated rings. The molecule has 1 aliphatic rings. The van der Waals surface area contributed by atoms with Crippen LogP contribution in [-0.4, -0.2) is 30.6 Å². The first kappa shape index (κ1) is 16.9. The van der Waals surface area contributed by atoms with Gasteiger partial charge in [0.25, 0.3) is 0 Å². The number of halogens is 1. The Labute approximate surface area is 130 Å². The molecular formula is C17H23FO4. The summed E-state index contributed by atoms with van der Waals surface area (Å²) in [6.45, 7) is 5.42. The molecule has 1 heterocycles. The van der Waals surface area contributed by atoms with E-state index < -0.39 is 24.5 Å². The molecule has 5 heteroatoms. The highest BCUT2D eigenvalue weighted by atomic mass is 19.1. The van der Waals surface area contributed by atoms with E-state index in [0.717, 1.165) is 5.56 Å². The average Bonchev–Trinajstić information content (AvgIpc) is 2.50. The van der Waals surface area contributed by atoms with Gasteiger partial charge in [0.2, 0.25) is 6.29 Å². The van der Waals surface area contributed by atoms with Crippen LogP contribution >= 0.6 is 0 Å². The van der Waals surface area contributed by atoms with Gasteiger partial charge < -0.3 is 14.2 Å². The van der Waals surface area contributed by atoms with Crippen molar-refractivity contribution in [2.24, 2.45) is 5.92 Å². The molecule has 0 amide bonds. The summed E-state index contributed by atoms with van der Waals surface area (Å²) < 4.78 is 30.9. The molecular weight excluding hydrogens is 287 g/mol. The average molecular weight is 310 g/mol. The Morgan fingerprint density at radius 2 is 2.00 bits per heavy atom. The maximum Gasteiger partial charge on any atom is 0.305 e. The highest BCUT2D eigenvalue weighted by Crippen LogP contribution is 2.32. The molecule has 0 aromatic heterocycles. The van der Waals surface area contributed by atoms with Crippen LogP contribution < -0.4 is 0 Å². The number of carbonyl (C=O) groups is 1. The molecule has 1 aromatic carbocycles. The van der Waals surface area contributed by atoms with Gasteiger partial charge in [-0.25, -0.2) is 4.39 Å². The molecule has 0 spiro atoms. The third-order valence-electron chi connectivity index (χ3n) is 3.96. The van der Waals surface area contributed by atoms with Crippen molar-refractivity contribution in [3.63, 3.8) is 0 Å². The molecule has 0 bridgehead atoms. The lowest BCUT2D eigenvalue weighted by Crippen LogP contribution is -2.53. The first-order valence-electron chi connectivity index (χ1n) is 7.65. The van der Waals surface area contributed by atoms with Crippen molar-refractivity contribution in [2.75, 3.05) is 0 Å². The highest BCUT2D eigenvalue weighted by molar-refractivity contribution is 5.66. The van der Waals surface area contributed by atoms with Gasteiger partial charge in [-0.3, -0.25) is 4.79 Å². The van der Waals surface area contributed by atoms with E-state index in [0.29, 0.717) is 13.0 Å². The molecule has 0 saturated carbocycles. The second-order valence-corrected chi connectivity index (χ2v) is 5.63. The van der Waals surface area contributed by atoms with Gasteiger partial charge in [-0.2, -0.15) is 0 Å². The minimum atomic E-state index is -1.49. The Morgan fingerprint density at radius 3 is 2.59 bits per heavy atom. The number of carbonyl (C=O) groups excluding carboxylic acids is 1. The second-order valence-electron chi connectivity index (χ2n) is 5.63. The van der Waals surface area contributed by atoms with Crippen molar-refractivity contribution >= 4 is 5.97 Å². The standard InChI is InChI=1S/C17H23FO4/c1-4-14-11(2)16(15(18)17(22-14)21-12(3)19)20-10-13-8-6-5-7-9-13/h5-9,11,14-17H,4,10H2,1-3H3/t11-,14-,15+,16+,17?/m1/s1. The lowest BCUT2D eigenvalue weighted by molar-refractivity contribution is -0.267. The molecule has 4 nitrogen and oxygen atoms in total. The van der Waals surface area contributed by atoms with Crippen molar-refractivity contribution in [3.05, 3.63) is 35.9 Å². The molecule has 122 valence electrons. The van der Waals surface area contributed by atoms with Gasteiger partial charge in [-0.05, 0) is 12.0 Å². The summed E-state index contributed by atoms with van der Waals surface area (Å²) in [6, 6.07) is 9.60. The van der Waals surface area contributed by atoms with Gasteiger partial charge in [-0.1, -0.05) is 44.2 Å². The van der Waals surface area contributed by atoms with Crippen LogP contribution in [0.1, 0.15) is 32.8 Å². The van der Waals surface area contributed by atoms with Gasteiger partial charge in [0, 0.05) is 12.8 Å². The Morgan fingerprint density at radius 1 is 1.32 bits per heavy atom. The highest BCUT2D eigenvalue weighted by Gasteiger charge is 2.46. The zero-order valence-corrected chi connectivity index (χ0v) is 13.2. The van der Waals surface area contributed by atoms with Gasteiger partial charge >= 0.3 is 5.97 Å². The number of ether oxygens (including phenoxy) is 3. The summed E-state index contributed by atoms with van der Waals surface area (Å²) in [5, 5.41) is 0. The largest absolute Gasteiger partial charge is 0.433 e. The number of benzene rings is 1. The van der Waals surface area contributed by atoms with Crippen LogP contribution in [0.4, 0.5) is 4.39 Å². The summed E-state index contributed by atoms with van der Waals surface area (Å²) in [5.74, 6) is -0.672. The third kappa shape index (κ3) is 4.05. The maximum atomic E-state index is 14.6. The zero-order valence-electron chi connectivity index (χ0n) is 13.2. The predicted molar refractivity (Wildman–Crippen MR) is 79.8 cm³/mol. The summed E-state index contributed by atoms with van der Waals surface area (Å²) in [4.78, 5) is 11.1. The van der Waals surface area contributed by atoms with Crippen LogP contribution in [-0.2, 0) is 25.6 Å². The second kappa shape index (κ2) is 7.70. The number of alkyl halides is 1. The van der Waals surface area contributed by atoms with E-state index in [4.69, 9.17) is 14.2 Å². The van der Waals surface area contributed by atoms with Crippen LogP contribution in [0.25, 0.3) is 0 Å². The molecule has 1 aliphatic heterocycles. The van der Waals surface area contributed by atoms with E-state index in [1.54, 1.807) is 0 Å². The number of esters is 1. The van der Waals surface area contributed by atoms with Crippen molar-refractivity contribution in [1.29, 1.82) is 0 Å². The normalized spacial score (nSPS) is 31.7. The summed E-state index contributed by atoms with van der Waals surface area (Å²) in [7, 11) is 0. The van der Waals surface area contributed by atoms with Crippen molar-refractivity contribution in [2.45, 2.75) is 58.5 Å². The Hall–Kier alpha value is -1.46. The molecule has 22 heavy (non-hydrogen) atoms. The summed E-state index contributed by atoms with van der Waals surface area (Å²) >= 11 is 0. The third-order valence-corrected chi connectivity index (χ3v) is 3.96. The van der Waals surface area contributed by atoms with Crippen molar-refractivity contribution in [1.82, 2.24) is 0 Å². The topological polar surface area (TPSA) is 44.8 Å². The predicted octanol–water partition coefficient (Wildman–Crippen LogP) is 3.24. The first-order chi connectivity index (χ1) is 10.5. The van der Waals surface area contributed by atoms with Crippen LogP contribution in [0.5, 0.6) is 0 Å². The number of hydrogen-bond acceptors (Lipinski definition) is 4.